The van der Waals surface area contributed by atoms with Crippen molar-refractivity contribution in [3.63, 3.8) is 0 Å². The minimum atomic E-state index is 0.0427. The van der Waals surface area contributed by atoms with Gasteiger partial charge in [0.2, 0.25) is 5.91 Å². The van der Waals surface area contributed by atoms with E-state index in [4.69, 9.17) is 9.47 Å². The molecule has 0 saturated carbocycles. The van der Waals surface area contributed by atoms with Crippen LogP contribution in [-0.2, 0) is 17.8 Å². The number of fused-ring (bicyclic) bond motifs is 1. The molecule has 2 aromatic carbocycles. The van der Waals surface area contributed by atoms with E-state index in [1.54, 1.807) is 19.1 Å². The third-order valence-electron chi connectivity index (χ3n) is 5.14. The Kier molecular flexibility index (Phi) is 5.83. The Balaban J connectivity index is 1.81. The Morgan fingerprint density at radius 3 is 2.54 bits per heavy atom. The Morgan fingerprint density at radius 2 is 1.82 bits per heavy atom. The van der Waals surface area contributed by atoms with E-state index in [0.717, 1.165) is 39.0 Å². The monoisotopic (exact) mass is 378 g/mol. The van der Waals surface area contributed by atoms with Crippen LogP contribution in [0.15, 0.2) is 42.5 Å². The van der Waals surface area contributed by atoms with Crippen LogP contribution in [0.4, 0.5) is 0 Å². The molecule has 146 valence electrons. The van der Waals surface area contributed by atoms with E-state index in [1.807, 2.05) is 50.4 Å². The summed E-state index contributed by atoms with van der Waals surface area (Å²) in [5, 5.41) is 1.09. The number of carbonyl (C=O) groups is 1. The second kappa shape index (κ2) is 8.30. The summed E-state index contributed by atoms with van der Waals surface area (Å²) in [5.41, 5.74) is 4.92. The number of aryl methyl sites for hydroxylation is 2. The molecular formula is C23H26N2O3. The van der Waals surface area contributed by atoms with Crippen LogP contribution in [0, 0.1) is 13.8 Å². The number of ether oxygens (including phenoxy) is 2. The average molecular weight is 378 g/mol. The van der Waals surface area contributed by atoms with Crippen LogP contribution in [-0.4, -0.2) is 37.1 Å². The van der Waals surface area contributed by atoms with Gasteiger partial charge in [0.1, 0.15) is 11.5 Å². The van der Waals surface area contributed by atoms with Gasteiger partial charge in [-0.15, -0.1) is 0 Å². The molecule has 0 saturated heterocycles. The molecule has 0 spiro atoms. The van der Waals surface area contributed by atoms with Crippen LogP contribution in [0.3, 0.4) is 0 Å². The van der Waals surface area contributed by atoms with E-state index in [-0.39, 0.29) is 5.91 Å². The van der Waals surface area contributed by atoms with Crippen molar-refractivity contribution in [1.82, 2.24) is 9.88 Å². The van der Waals surface area contributed by atoms with Gasteiger partial charge in [0.15, 0.2) is 0 Å². The van der Waals surface area contributed by atoms with E-state index in [1.165, 1.54) is 0 Å². The summed E-state index contributed by atoms with van der Waals surface area (Å²) >= 11 is 0. The topological polar surface area (TPSA) is 51.7 Å². The van der Waals surface area contributed by atoms with Gasteiger partial charge < -0.3 is 14.4 Å². The first-order valence-electron chi connectivity index (χ1n) is 9.24. The highest BCUT2D eigenvalue weighted by Crippen LogP contribution is 2.26. The molecule has 1 amide bonds. The van der Waals surface area contributed by atoms with Gasteiger partial charge in [-0.05, 0) is 43.2 Å². The van der Waals surface area contributed by atoms with Crippen molar-refractivity contribution in [3.8, 4) is 11.5 Å². The van der Waals surface area contributed by atoms with Crippen molar-refractivity contribution in [1.29, 1.82) is 0 Å². The van der Waals surface area contributed by atoms with Crippen molar-refractivity contribution >= 4 is 16.8 Å². The summed E-state index contributed by atoms with van der Waals surface area (Å²) < 4.78 is 10.7. The average Bonchev–Trinajstić information content (AvgIpc) is 2.71. The van der Waals surface area contributed by atoms with E-state index < -0.39 is 0 Å². The number of pyridine rings is 1. The number of carbonyl (C=O) groups excluding carboxylic acids is 1. The largest absolute Gasteiger partial charge is 0.497 e. The van der Waals surface area contributed by atoms with E-state index in [2.05, 4.69) is 18.0 Å². The number of hydrogen-bond acceptors (Lipinski definition) is 4. The maximum atomic E-state index is 12.9. The quantitative estimate of drug-likeness (QED) is 0.649. The molecule has 0 radical (unpaired) electrons. The van der Waals surface area contributed by atoms with Crippen molar-refractivity contribution in [2.45, 2.75) is 26.8 Å². The zero-order chi connectivity index (χ0) is 20.3. The molecule has 3 aromatic rings. The Morgan fingerprint density at radius 1 is 1.07 bits per heavy atom. The van der Waals surface area contributed by atoms with Gasteiger partial charge >= 0.3 is 0 Å². The van der Waals surface area contributed by atoms with Gasteiger partial charge in [-0.2, -0.15) is 0 Å². The highest BCUT2D eigenvalue weighted by Gasteiger charge is 2.17. The van der Waals surface area contributed by atoms with E-state index in [9.17, 15) is 4.79 Å². The molecule has 0 unspecified atom stereocenters. The highest BCUT2D eigenvalue weighted by atomic mass is 16.5. The number of benzene rings is 2. The summed E-state index contributed by atoms with van der Waals surface area (Å²) in [7, 11) is 5.05. The maximum Gasteiger partial charge on any atom is 0.227 e. The molecule has 1 heterocycles. The van der Waals surface area contributed by atoms with Gasteiger partial charge in [0, 0.05) is 36.3 Å². The van der Waals surface area contributed by atoms with Crippen LogP contribution in [0.1, 0.15) is 22.4 Å². The number of aromatic nitrogens is 1. The molecule has 1 aromatic heterocycles. The summed E-state index contributed by atoms with van der Waals surface area (Å²) in [6.45, 7) is 4.49. The second-order valence-corrected chi connectivity index (χ2v) is 6.92. The van der Waals surface area contributed by atoms with Gasteiger partial charge in [0.25, 0.3) is 0 Å². The SMILES string of the molecule is COc1ccc(CN(C)C(=O)Cc2c(C)nc3ccccc3c2C)c(OC)c1. The smallest absolute Gasteiger partial charge is 0.227 e. The summed E-state index contributed by atoms with van der Waals surface area (Å²) in [5.74, 6) is 1.47. The van der Waals surface area contributed by atoms with Crippen LogP contribution < -0.4 is 9.47 Å². The van der Waals surface area contributed by atoms with Crippen LogP contribution in [0.25, 0.3) is 10.9 Å². The first-order chi connectivity index (χ1) is 13.4. The first-order valence-corrected chi connectivity index (χ1v) is 9.24. The lowest BCUT2D eigenvalue weighted by Gasteiger charge is -2.20. The standard InChI is InChI=1S/C23H26N2O3/c1-15-19-8-6-7-9-21(19)24-16(2)20(15)13-23(26)25(3)14-17-10-11-18(27-4)12-22(17)28-5/h6-12H,13-14H2,1-5H3. The van der Waals surface area contributed by atoms with Gasteiger partial charge in [0.05, 0.1) is 26.2 Å². The summed E-state index contributed by atoms with van der Waals surface area (Å²) in [6.07, 6.45) is 0.324. The number of amides is 1. The summed E-state index contributed by atoms with van der Waals surface area (Å²) in [4.78, 5) is 19.3. The normalized spacial score (nSPS) is 10.8. The second-order valence-electron chi connectivity index (χ2n) is 6.92. The molecule has 0 aliphatic carbocycles. The van der Waals surface area contributed by atoms with Crippen molar-refractivity contribution in [3.05, 3.63) is 64.8 Å². The van der Waals surface area contributed by atoms with Crippen LogP contribution in [0.2, 0.25) is 0 Å². The van der Waals surface area contributed by atoms with E-state index >= 15 is 0 Å². The molecular weight excluding hydrogens is 352 g/mol. The van der Waals surface area contributed by atoms with E-state index in [0.29, 0.717) is 18.7 Å². The summed E-state index contributed by atoms with van der Waals surface area (Å²) in [6, 6.07) is 13.7. The predicted octanol–water partition coefficient (Wildman–Crippen LogP) is 4.07. The Bertz CT molecular complexity index is 1010. The van der Waals surface area contributed by atoms with Crippen molar-refractivity contribution in [2.75, 3.05) is 21.3 Å². The van der Waals surface area contributed by atoms with Crippen LogP contribution in [0.5, 0.6) is 11.5 Å². The van der Waals surface area contributed by atoms with Crippen LogP contribution >= 0.6 is 0 Å². The fourth-order valence-corrected chi connectivity index (χ4v) is 3.44. The van der Waals surface area contributed by atoms with Gasteiger partial charge in [-0.25, -0.2) is 0 Å². The molecule has 3 rings (SSSR count). The number of hydrogen-bond donors (Lipinski definition) is 0. The molecule has 28 heavy (non-hydrogen) atoms. The number of para-hydroxylation sites is 1. The highest BCUT2D eigenvalue weighted by molar-refractivity contribution is 5.86. The third kappa shape index (κ3) is 3.93. The van der Waals surface area contributed by atoms with Gasteiger partial charge in [-0.1, -0.05) is 18.2 Å². The molecule has 0 bridgehead atoms. The lowest BCUT2D eigenvalue weighted by Crippen LogP contribution is -2.28. The lowest BCUT2D eigenvalue weighted by atomic mass is 9.99. The van der Waals surface area contributed by atoms with Crippen molar-refractivity contribution < 1.29 is 14.3 Å². The zero-order valence-electron chi connectivity index (χ0n) is 17.1. The minimum absolute atomic E-state index is 0.0427. The predicted molar refractivity (Wildman–Crippen MR) is 111 cm³/mol. The zero-order valence-corrected chi connectivity index (χ0v) is 17.1. The molecule has 5 heteroatoms. The Hall–Kier alpha value is -3.08. The minimum Gasteiger partial charge on any atom is -0.497 e. The molecule has 0 N–H and O–H groups in total. The number of likely N-dealkylation sites (N-methyl/N-ethyl adjacent to an activating group) is 1. The Labute approximate surface area is 165 Å². The molecule has 0 atom stereocenters. The fourth-order valence-electron chi connectivity index (χ4n) is 3.44. The lowest BCUT2D eigenvalue weighted by molar-refractivity contribution is -0.129. The molecule has 5 nitrogen and oxygen atoms in total. The molecule has 0 fully saturated rings. The third-order valence-corrected chi connectivity index (χ3v) is 5.14. The van der Waals surface area contributed by atoms with Crippen molar-refractivity contribution in [2.24, 2.45) is 0 Å². The van der Waals surface area contributed by atoms with Gasteiger partial charge in [-0.3, -0.25) is 9.78 Å². The number of nitrogens with zero attached hydrogens (tertiary/aromatic N) is 2. The first kappa shape index (κ1) is 19.7. The number of rotatable bonds is 6. The number of methoxy groups -OCH3 is 2. The molecule has 0 aliphatic rings. The maximum absolute atomic E-state index is 12.9. The molecule has 0 aliphatic heterocycles. The fraction of sp³-hybridized carbons (Fsp3) is 0.304.